The number of hydrogen-bond acceptors (Lipinski definition) is 5. The minimum atomic E-state index is -0.836. The highest BCUT2D eigenvalue weighted by Crippen LogP contribution is 2.22. The Balaban J connectivity index is 1.97. The van der Waals surface area contributed by atoms with Gasteiger partial charge in [0.15, 0.2) is 0 Å². The van der Waals surface area contributed by atoms with Gasteiger partial charge in [0.2, 0.25) is 0 Å². The number of esters is 1. The Morgan fingerprint density at radius 3 is 2.52 bits per heavy atom. The number of carbonyl (C=O) groups is 2. The zero-order valence-electron chi connectivity index (χ0n) is 14.9. The van der Waals surface area contributed by atoms with Gasteiger partial charge in [-0.1, -0.05) is 36.9 Å². The largest absolute Gasteiger partial charge is 0.459 e. The normalized spacial score (nSPS) is 20.2. The third-order valence-electron chi connectivity index (χ3n) is 3.78. The molecule has 1 aromatic carbocycles. The number of β-amino-alcohol motifs (C(OH)–C–C–N with tert-alkyl or cyclic N) is 1. The van der Waals surface area contributed by atoms with Crippen molar-refractivity contribution < 1.29 is 24.2 Å². The minimum absolute atomic E-state index is 0.0582. The molecule has 0 aliphatic carbocycles. The lowest BCUT2D eigenvalue weighted by Gasteiger charge is -2.27. The molecule has 0 spiro atoms. The maximum absolute atomic E-state index is 12.4. The predicted octanol–water partition coefficient (Wildman–Crippen LogP) is 2.74. The Labute approximate surface area is 148 Å². The first-order chi connectivity index (χ1) is 11.7. The summed E-state index contributed by atoms with van der Waals surface area (Å²) in [7, 11) is 0. The standard InChI is InChI=1S/C19H25NO5/c1-5-13-6-8-14(9-7-13)12-24-17(22)16-10-15(21)11-20(16)18(23)25-19(2,3)4/h5-9,15-16,21H,1,10-12H2,2-4H3/t15-,16+/m0/s1. The van der Waals surface area contributed by atoms with Gasteiger partial charge in [0.25, 0.3) is 0 Å². The van der Waals surface area contributed by atoms with Crippen molar-refractivity contribution in [1.82, 2.24) is 4.90 Å². The van der Waals surface area contributed by atoms with Crippen LogP contribution in [0.3, 0.4) is 0 Å². The Morgan fingerprint density at radius 2 is 1.96 bits per heavy atom. The van der Waals surface area contributed by atoms with E-state index in [1.165, 1.54) is 4.90 Å². The van der Waals surface area contributed by atoms with Crippen LogP contribution in [0.2, 0.25) is 0 Å². The van der Waals surface area contributed by atoms with Gasteiger partial charge in [-0.3, -0.25) is 4.90 Å². The zero-order chi connectivity index (χ0) is 18.6. The molecule has 1 fully saturated rings. The molecule has 1 amide bonds. The summed E-state index contributed by atoms with van der Waals surface area (Å²) in [6.07, 6.45) is 0.486. The van der Waals surface area contributed by atoms with Crippen LogP contribution in [-0.2, 0) is 20.9 Å². The number of amides is 1. The molecule has 1 aliphatic heterocycles. The quantitative estimate of drug-likeness (QED) is 0.848. The second kappa shape index (κ2) is 7.70. The van der Waals surface area contributed by atoms with Crippen molar-refractivity contribution in [2.75, 3.05) is 6.54 Å². The average Bonchev–Trinajstić information content (AvgIpc) is 2.93. The van der Waals surface area contributed by atoms with E-state index in [0.717, 1.165) is 11.1 Å². The number of hydrogen-bond donors (Lipinski definition) is 1. The molecular weight excluding hydrogens is 322 g/mol. The Morgan fingerprint density at radius 1 is 1.32 bits per heavy atom. The third kappa shape index (κ3) is 5.32. The molecule has 0 saturated carbocycles. The summed E-state index contributed by atoms with van der Waals surface area (Å²) >= 11 is 0. The second-order valence-corrected chi connectivity index (χ2v) is 7.09. The van der Waals surface area contributed by atoms with Gasteiger partial charge in [-0.25, -0.2) is 9.59 Å². The van der Waals surface area contributed by atoms with E-state index in [9.17, 15) is 14.7 Å². The van der Waals surface area contributed by atoms with Crippen LogP contribution in [0.4, 0.5) is 4.79 Å². The first-order valence-electron chi connectivity index (χ1n) is 8.25. The number of ether oxygens (including phenoxy) is 2. The molecule has 2 rings (SSSR count). The SMILES string of the molecule is C=Cc1ccc(COC(=O)[C@H]2C[C@H](O)CN2C(=O)OC(C)(C)C)cc1. The molecule has 6 heteroatoms. The van der Waals surface area contributed by atoms with Gasteiger partial charge in [-0.2, -0.15) is 0 Å². The molecule has 0 radical (unpaired) electrons. The van der Waals surface area contributed by atoms with Crippen molar-refractivity contribution >= 4 is 18.1 Å². The number of nitrogens with zero attached hydrogens (tertiary/aromatic N) is 1. The van der Waals surface area contributed by atoms with Crippen LogP contribution >= 0.6 is 0 Å². The number of benzene rings is 1. The molecule has 6 nitrogen and oxygen atoms in total. The summed E-state index contributed by atoms with van der Waals surface area (Å²) in [6, 6.07) is 6.61. The minimum Gasteiger partial charge on any atom is -0.459 e. The van der Waals surface area contributed by atoms with Crippen LogP contribution in [0.5, 0.6) is 0 Å². The number of aliphatic hydroxyl groups is 1. The lowest BCUT2D eigenvalue weighted by atomic mass is 10.1. The van der Waals surface area contributed by atoms with Crippen LogP contribution in [0.15, 0.2) is 30.8 Å². The summed E-state index contributed by atoms with van der Waals surface area (Å²) in [5.41, 5.74) is 1.14. The molecule has 1 heterocycles. The number of likely N-dealkylation sites (tertiary alicyclic amines) is 1. The molecular formula is C19H25NO5. The van der Waals surface area contributed by atoms with Crippen LogP contribution < -0.4 is 0 Å². The Bertz CT molecular complexity index is 632. The van der Waals surface area contributed by atoms with E-state index in [4.69, 9.17) is 9.47 Å². The molecule has 2 atom stereocenters. The fourth-order valence-corrected chi connectivity index (χ4v) is 2.56. The molecule has 136 valence electrons. The van der Waals surface area contributed by atoms with E-state index < -0.39 is 29.8 Å². The highest BCUT2D eigenvalue weighted by Gasteiger charge is 2.41. The molecule has 0 unspecified atom stereocenters. The second-order valence-electron chi connectivity index (χ2n) is 7.09. The van der Waals surface area contributed by atoms with E-state index in [1.54, 1.807) is 26.8 Å². The maximum Gasteiger partial charge on any atom is 0.411 e. The van der Waals surface area contributed by atoms with Gasteiger partial charge < -0.3 is 14.6 Å². The molecule has 25 heavy (non-hydrogen) atoms. The molecule has 1 aromatic rings. The number of rotatable bonds is 4. The number of aliphatic hydroxyl groups excluding tert-OH is 1. The van der Waals surface area contributed by atoms with Crippen LogP contribution in [-0.4, -0.2) is 46.4 Å². The van der Waals surface area contributed by atoms with Crippen LogP contribution in [0.25, 0.3) is 6.08 Å². The molecule has 0 aromatic heterocycles. The summed E-state index contributed by atoms with van der Waals surface area (Å²) in [6.45, 7) is 9.09. The highest BCUT2D eigenvalue weighted by molar-refractivity contribution is 5.82. The summed E-state index contributed by atoms with van der Waals surface area (Å²) < 4.78 is 10.6. The van der Waals surface area contributed by atoms with E-state index in [0.29, 0.717) is 0 Å². The van der Waals surface area contributed by atoms with E-state index in [1.807, 2.05) is 24.3 Å². The van der Waals surface area contributed by atoms with Gasteiger partial charge in [-0.15, -0.1) is 0 Å². The topological polar surface area (TPSA) is 76.1 Å². The van der Waals surface area contributed by atoms with Gasteiger partial charge in [0.05, 0.1) is 12.6 Å². The van der Waals surface area contributed by atoms with Gasteiger partial charge in [0.1, 0.15) is 18.2 Å². The predicted molar refractivity (Wildman–Crippen MR) is 93.7 cm³/mol. The summed E-state index contributed by atoms with van der Waals surface area (Å²) in [4.78, 5) is 25.8. The highest BCUT2D eigenvalue weighted by atomic mass is 16.6. The zero-order valence-corrected chi connectivity index (χ0v) is 14.9. The summed E-state index contributed by atoms with van der Waals surface area (Å²) in [5, 5.41) is 9.84. The Kier molecular flexibility index (Phi) is 5.85. The first kappa shape index (κ1) is 19.0. The maximum atomic E-state index is 12.4. The van der Waals surface area contributed by atoms with Crippen molar-refractivity contribution in [1.29, 1.82) is 0 Å². The third-order valence-corrected chi connectivity index (χ3v) is 3.78. The van der Waals surface area contributed by atoms with Crippen LogP contribution in [0, 0.1) is 0 Å². The monoisotopic (exact) mass is 347 g/mol. The van der Waals surface area contributed by atoms with Crippen molar-refractivity contribution in [2.24, 2.45) is 0 Å². The molecule has 1 N–H and O–H groups in total. The number of carbonyl (C=O) groups excluding carboxylic acids is 2. The van der Waals surface area contributed by atoms with Crippen LogP contribution in [0.1, 0.15) is 38.3 Å². The summed E-state index contributed by atoms with van der Waals surface area (Å²) in [5.74, 6) is -0.546. The van der Waals surface area contributed by atoms with Crippen molar-refractivity contribution in [3.8, 4) is 0 Å². The van der Waals surface area contributed by atoms with Gasteiger partial charge in [-0.05, 0) is 31.9 Å². The van der Waals surface area contributed by atoms with E-state index >= 15 is 0 Å². The van der Waals surface area contributed by atoms with Gasteiger partial charge >= 0.3 is 12.1 Å². The van der Waals surface area contributed by atoms with E-state index in [-0.39, 0.29) is 19.6 Å². The van der Waals surface area contributed by atoms with Crippen molar-refractivity contribution in [3.05, 3.63) is 42.0 Å². The van der Waals surface area contributed by atoms with Crippen molar-refractivity contribution in [2.45, 2.75) is 51.5 Å². The molecule has 0 bridgehead atoms. The fourth-order valence-electron chi connectivity index (χ4n) is 2.56. The van der Waals surface area contributed by atoms with Crippen molar-refractivity contribution in [3.63, 3.8) is 0 Å². The molecule has 1 saturated heterocycles. The lowest BCUT2D eigenvalue weighted by Crippen LogP contribution is -2.44. The van der Waals surface area contributed by atoms with E-state index in [2.05, 4.69) is 6.58 Å². The Hall–Kier alpha value is -2.34. The lowest BCUT2D eigenvalue weighted by molar-refractivity contribution is -0.150. The molecule has 1 aliphatic rings. The first-order valence-corrected chi connectivity index (χ1v) is 8.25. The fraction of sp³-hybridized carbons (Fsp3) is 0.474. The smallest absolute Gasteiger partial charge is 0.411 e. The average molecular weight is 347 g/mol. The van der Waals surface area contributed by atoms with Gasteiger partial charge in [0, 0.05) is 6.42 Å².